The van der Waals surface area contributed by atoms with Crippen LogP contribution in [0, 0.1) is 0 Å². The molecule has 0 N–H and O–H groups in total. The van der Waals surface area contributed by atoms with Gasteiger partial charge in [0.25, 0.3) is 0 Å². The number of aromatic nitrogens is 1. The van der Waals surface area contributed by atoms with Crippen LogP contribution in [0.1, 0.15) is 0 Å². The molecule has 1 aromatic carbocycles. The van der Waals surface area contributed by atoms with Crippen LogP contribution < -0.4 is 4.90 Å². The third-order valence-electron chi connectivity index (χ3n) is 2.97. The largest absolute Gasteiger partial charge is 0.378 e. The molecule has 17 heavy (non-hydrogen) atoms. The van der Waals surface area contributed by atoms with Crippen LogP contribution in [0.3, 0.4) is 0 Å². The molecule has 0 radical (unpaired) electrons. The molecule has 1 aromatic heterocycles. The zero-order chi connectivity index (χ0) is 11.5. The van der Waals surface area contributed by atoms with E-state index in [9.17, 15) is 0 Å². The number of thiazole rings is 1. The van der Waals surface area contributed by atoms with Crippen molar-refractivity contribution in [2.75, 3.05) is 31.2 Å². The third kappa shape index (κ3) is 2.33. The molecular formula is C13H14N2OS. The lowest BCUT2D eigenvalue weighted by Crippen LogP contribution is -2.36. The van der Waals surface area contributed by atoms with Crippen molar-refractivity contribution in [1.29, 1.82) is 0 Å². The van der Waals surface area contributed by atoms with E-state index in [1.165, 1.54) is 11.3 Å². The van der Waals surface area contributed by atoms with Gasteiger partial charge in [0.1, 0.15) is 0 Å². The van der Waals surface area contributed by atoms with E-state index in [2.05, 4.69) is 39.5 Å². The van der Waals surface area contributed by atoms with Crippen LogP contribution in [-0.2, 0) is 4.74 Å². The minimum absolute atomic E-state index is 0.827. The average Bonchev–Trinajstić information content (AvgIpc) is 2.94. The molecule has 0 atom stereocenters. The number of nitrogens with zero attached hydrogens (tertiary/aromatic N) is 2. The summed E-state index contributed by atoms with van der Waals surface area (Å²) in [5, 5.41) is 2.07. The van der Waals surface area contributed by atoms with Crippen molar-refractivity contribution >= 4 is 17.0 Å². The van der Waals surface area contributed by atoms with Gasteiger partial charge in [-0.3, -0.25) is 0 Å². The fourth-order valence-corrected chi connectivity index (χ4v) is 2.58. The summed E-state index contributed by atoms with van der Waals surface area (Å²) in [4.78, 5) is 6.67. The molecule has 0 amide bonds. The second-order valence-corrected chi connectivity index (χ2v) is 4.74. The topological polar surface area (TPSA) is 25.4 Å². The molecule has 2 heterocycles. The first-order chi connectivity index (χ1) is 8.43. The minimum atomic E-state index is 0.827. The molecule has 0 spiro atoms. The highest BCUT2D eigenvalue weighted by atomic mass is 32.1. The Kier molecular flexibility index (Phi) is 3.07. The number of hydrogen-bond acceptors (Lipinski definition) is 4. The summed E-state index contributed by atoms with van der Waals surface area (Å²) in [6.45, 7) is 3.62. The Morgan fingerprint density at radius 2 is 1.88 bits per heavy atom. The lowest BCUT2D eigenvalue weighted by atomic mass is 10.1. The summed E-state index contributed by atoms with van der Waals surface area (Å²) >= 11 is 1.63. The van der Waals surface area contributed by atoms with E-state index in [0.717, 1.165) is 32.0 Å². The highest BCUT2D eigenvalue weighted by molar-refractivity contribution is 7.07. The fraction of sp³-hybridized carbons (Fsp3) is 0.308. The van der Waals surface area contributed by atoms with Gasteiger partial charge in [-0.15, -0.1) is 11.3 Å². The smallest absolute Gasteiger partial charge is 0.0811 e. The predicted molar refractivity (Wildman–Crippen MR) is 70.6 cm³/mol. The number of rotatable bonds is 2. The number of anilines is 1. The van der Waals surface area contributed by atoms with Crippen molar-refractivity contribution < 1.29 is 4.74 Å². The summed E-state index contributed by atoms with van der Waals surface area (Å²) in [6.07, 6.45) is 0. The van der Waals surface area contributed by atoms with Crippen molar-refractivity contribution in [1.82, 2.24) is 4.98 Å². The van der Waals surface area contributed by atoms with Gasteiger partial charge < -0.3 is 9.64 Å². The van der Waals surface area contributed by atoms with Gasteiger partial charge in [0.2, 0.25) is 0 Å². The van der Waals surface area contributed by atoms with Gasteiger partial charge in [0.15, 0.2) is 0 Å². The predicted octanol–water partition coefficient (Wildman–Crippen LogP) is 2.65. The van der Waals surface area contributed by atoms with Gasteiger partial charge in [-0.05, 0) is 12.1 Å². The Labute approximate surface area is 105 Å². The number of hydrogen-bond donors (Lipinski definition) is 0. The van der Waals surface area contributed by atoms with Crippen LogP contribution >= 0.6 is 11.3 Å². The SMILES string of the molecule is c1nc(-c2ccc(N3CCOCC3)cc2)cs1. The summed E-state index contributed by atoms with van der Waals surface area (Å²) in [5.41, 5.74) is 5.38. The molecule has 0 aliphatic carbocycles. The van der Waals surface area contributed by atoms with Gasteiger partial charge in [0.05, 0.1) is 24.4 Å². The molecule has 0 saturated carbocycles. The quantitative estimate of drug-likeness (QED) is 0.814. The van der Waals surface area contributed by atoms with Crippen LogP contribution in [0.4, 0.5) is 5.69 Å². The first kappa shape index (κ1) is 10.7. The molecule has 0 unspecified atom stereocenters. The Hall–Kier alpha value is -1.39. The molecule has 3 rings (SSSR count). The summed E-state index contributed by atoms with van der Waals surface area (Å²) < 4.78 is 5.35. The van der Waals surface area contributed by atoms with Crippen LogP contribution in [-0.4, -0.2) is 31.3 Å². The van der Waals surface area contributed by atoms with Crippen LogP contribution in [0.2, 0.25) is 0 Å². The van der Waals surface area contributed by atoms with Crippen molar-refractivity contribution in [2.24, 2.45) is 0 Å². The highest BCUT2D eigenvalue weighted by Crippen LogP contribution is 2.23. The first-order valence-corrected chi connectivity index (χ1v) is 6.69. The van der Waals surface area contributed by atoms with Crippen LogP contribution in [0.15, 0.2) is 35.2 Å². The van der Waals surface area contributed by atoms with Crippen LogP contribution in [0.25, 0.3) is 11.3 Å². The van der Waals surface area contributed by atoms with Gasteiger partial charge in [-0.1, -0.05) is 12.1 Å². The standard InChI is InChI=1S/C13H14N2OS/c1-3-12(15-5-7-16-8-6-15)4-2-11(1)13-9-17-10-14-13/h1-4,9-10H,5-8H2. The summed E-state index contributed by atoms with van der Waals surface area (Å²) in [6, 6.07) is 8.61. The van der Waals surface area contributed by atoms with Crippen molar-refractivity contribution in [3.05, 3.63) is 35.2 Å². The maximum absolute atomic E-state index is 5.35. The van der Waals surface area contributed by atoms with Gasteiger partial charge >= 0.3 is 0 Å². The Morgan fingerprint density at radius 1 is 1.12 bits per heavy atom. The van der Waals surface area contributed by atoms with Gasteiger partial charge in [-0.25, -0.2) is 4.98 Å². The lowest BCUT2D eigenvalue weighted by Gasteiger charge is -2.28. The second-order valence-electron chi connectivity index (χ2n) is 4.02. The van der Waals surface area contributed by atoms with Crippen LogP contribution in [0.5, 0.6) is 0 Å². The molecule has 4 heteroatoms. The Morgan fingerprint density at radius 3 is 2.53 bits per heavy atom. The van der Waals surface area contributed by atoms with E-state index >= 15 is 0 Å². The van der Waals surface area contributed by atoms with E-state index in [-0.39, 0.29) is 0 Å². The molecule has 1 aliphatic rings. The molecular weight excluding hydrogens is 232 g/mol. The summed E-state index contributed by atoms with van der Waals surface area (Å²) in [5.74, 6) is 0. The first-order valence-electron chi connectivity index (χ1n) is 5.75. The maximum Gasteiger partial charge on any atom is 0.0811 e. The van der Waals surface area contributed by atoms with Gasteiger partial charge in [-0.2, -0.15) is 0 Å². The van der Waals surface area contributed by atoms with E-state index in [4.69, 9.17) is 4.74 Å². The van der Waals surface area contributed by atoms with E-state index < -0.39 is 0 Å². The molecule has 88 valence electrons. The van der Waals surface area contributed by atoms with Crippen molar-refractivity contribution in [3.63, 3.8) is 0 Å². The van der Waals surface area contributed by atoms with Crippen molar-refractivity contribution in [3.8, 4) is 11.3 Å². The zero-order valence-corrected chi connectivity index (χ0v) is 10.3. The summed E-state index contributed by atoms with van der Waals surface area (Å²) in [7, 11) is 0. The maximum atomic E-state index is 5.35. The molecule has 2 aromatic rings. The third-order valence-corrected chi connectivity index (χ3v) is 3.56. The van der Waals surface area contributed by atoms with Gasteiger partial charge in [0, 0.05) is 29.7 Å². The molecule has 1 fully saturated rings. The average molecular weight is 246 g/mol. The molecule has 3 nitrogen and oxygen atoms in total. The minimum Gasteiger partial charge on any atom is -0.378 e. The number of ether oxygens (including phenoxy) is 1. The fourth-order valence-electron chi connectivity index (χ4n) is 2.02. The van der Waals surface area contributed by atoms with Crippen molar-refractivity contribution in [2.45, 2.75) is 0 Å². The molecule has 1 aliphatic heterocycles. The Balaban J connectivity index is 1.80. The normalized spacial score (nSPS) is 16.1. The lowest BCUT2D eigenvalue weighted by molar-refractivity contribution is 0.122. The van der Waals surface area contributed by atoms with E-state index in [1.54, 1.807) is 11.3 Å². The number of morpholine rings is 1. The van der Waals surface area contributed by atoms with E-state index in [0.29, 0.717) is 0 Å². The second kappa shape index (κ2) is 4.85. The van der Waals surface area contributed by atoms with E-state index in [1.807, 2.05) is 5.51 Å². The highest BCUT2D eigenvalue weighted by Gasteiger charge is 2.11. The number of benzene rings is 1. The molecule has 0 bridgehead atoms. The molecule has 1 saturated heterocycles. The Bertz CT molecular complexity index is 461. The monoisotopic (exact) mass is 246 g/mol. The zero-order valence-electron chi connectivity index (χ0n) is 9.50.